The molecule has 0 saturated heterocycles. The maximum Gasteiger partial charge on any atom is 0.341 e. The van der Waals surface area contributed by atoms with Crippen molar-refractivity contribution in [2.75, 3.05) is 4.90 Å². The van der Waals surface area contributed by atoms with Crippen molar-refractivity contribution in [3.8, 4) is 0 Å². The van der Waals surface area contributed by atoms with Gasteiger partial charge in [0.1, 0.15) is 17.1 Å². The van der Waals surface area contributed by atoms with Crippen molar-refractivity contribution < 1.29 is 14.3 Å². The molecule has 20 heavy (non-hydrogen) atoms. The van der Waals surface area contributed by atoms with Gasteiger partial charge in [-0.2, -0.15) is 5.10 Å². The van der Waals surface area contributed by atoms with Crippen LogP contribution in [0.2, 0.25) is 0 Å². The van der Waals surface area contributed by atoms with Crippen molar-refractivity contribution in [3.05, 3.63) is 35.4 Å². The Balaban J connectivity index is 2.01. The summed E-state index contributed by atoms with van der Waals surface area (Å²) in [4.78, 5) is 13.6. The van der Waals surface area contributed by atoms with E-state index in [1.165, 1.54) is 0 Å². The minimum atomic E-state index is -0.935. The van der Waals surface area contributed by atoms with Crippen LogP contribution in [0.15, 0.2) is 22.8 Å². The Morgan fingerprint density at radius 2 is 2.35 bits per heavy atom. The second-order valence-electron chi connectivity index (χ2n) is 5.15. The monoisotopic (exact) mass is 275 g/mol. The van der Waals surface area contributed by atoms with E-state index in [4.69, 9.17) is 4.42 Å². The van der Waals surface area contributed by atoms with Crippen molar-refractivity contribution in [1.82, 2.24) is 9.78 Å². The molecule has 0 aliphatic heterocycles. The third kappa shape index (κ3) is 2.17. The van der Waals surface area contributed by atoms with Gasteiger partial charge in [-0.25, -0.2) is 4.79 Å². The standard InChI is InChI=1S/C14H17N3O3/c1-9-12(14(18)19)13(16(2)15-9)17(10-5-6-10)8-11-4-3-7-20-11/h3-4,7,10H,5-6,8H2,1-2H3,(H,18,19). The molecule has 0 bridgehead atoms. The number of aryl methyl sites for hydroxylation is 2. The third-order valence-corrected chi connectivity index (χ3v) is 3.57. The number of carbonyl (C=O) groups is 1. The molecule has 1 aliphatic carbocycles. The molecular weight excluding hydrogens is 258 g/mol. The largest absolute Gasteiger partial charge is 0.477 e. The lowest BCUT2D eigenvalue weighted by atomic mass is 10.2. The highest BCUT2D eigenvalue weighted by Gasteiger charge is 2.35. The topological polar surface area (TPSA) is 71.5 Å². The van der Waals surface area contributed by atoms with Crippen LogP contribution in [0.25, 0.3) is 0 Å². The molecule has 6 nitrogen and oxygen atoms in total. The summed E-state index contributed by atoms with van der Waals surface area (Å²) in [5.41, 5.74) is 0.825. The van der Waals surface area contributed by atoms with Crippen LogP contribution in [0.1, 0.15) is 34.7 Å². The molecule has 2 aromatic rings. The molecule has 1 saturated carbocycles. The predicted octanol–water partition coefficient (Wildman–Crippen LogP) is 2.19. The summed E-state index contributed by atoms with van der Waals surface area (Å²) >= 11 is 0. The van der Waals surface area contributed by atoms with E-state index in [0.29, 0.717) is 24.1 Å². The van der Waals surface area contributed by atoms with Crippen molar-refractivity contribution in [2.45, 2.75) is 32.4 Å². The van der Waals surface area contributed by atoms with E-state index in [2.05, 4.69) is 10.00 Å². The Kier molecular flexibility index (Phi) is 3.00. The van der Waals surface area contributed by atoms with Gasteiger partial charge in [-0.3, -0.25) is 4.68 Å². The predicted molar refractivity (Wildman–Crippen MR) is 72.8 cm³/mol. The van der Waals surface area contributed by atoms with Crippen molar-refractivity contribution in [1.29, 1.82) is 0 Å². The number of carboxylic acids is 1. The average molecular weight is 275 g/mol. The van der Waals surface area contributed by atoms with Gasteiger partial charge in [-0.05, 0) is 31.9 Å². The number of hydrogen-bond acceptors (Lipinski definition) is 4. The fraction of sp³-hybridized carbons (Fsp3) is 0.429. The Morgan fingerprint density at radius 1 is 1.60 bits per heavy atom. The number of nitrogens with zero attached hydrogens (tertiary/aromatic N) is 3. The van der Waals surface area contributed by atoms with Gasteiger partial charge in [-0.1, -0.05) is 0 Å². The lowest BCUT2D eigenvalue weighted by Gasteiger charge is -2.24. The number of carboxylic acid groups (broad SMARTS) is 1. The van der Waals surface area contributed by atoms with Gasteiger partial charge in [0.25, 0.3) is 0 Å². The molecule has 1 fully saturated rings. The van der Waals surface area contributed by atoms with Crippen LogP contribution in [-0.4, -0.2) is 26.9 Å². The molecule has 2 aromatic heterocycles. The minimum absolute atomic E-state index is 0.283. The van der Waals surface area contributed by atoms with Gasteiger partial charge in [0.05, 0.1) is 18.5 Å². The molecule has 0 amide bonds. The van der Waals surface area contributed by atoms with Crippen molar-refractivity contribution in [3.63, 3.8) is 0 Å². The summed E-state index contributed by atoms with van der Waals surface area (Å²) in [6.07, 6.45) is 3.78. The fourth-order valence-corrected chi connectivity index (χ4v) is 2.56. The zero-order chi connectivity index (χ0) is 14.3. The van der Waals surface area contributed by atoms with Gasteiger partial charge in [0.15, 0.2) is 0 Å². The normalized spacial score (nSPS) is 14.5. The number of rotatable bonds is 5. The highest BCUT2D eigenvalue weighted by atomic mass is 16.4. The molecular formula is C14H17N3O3. The highest BCUT2D eigenvalue weighted by molar-refractivity contribution is 5.95. The first-order valence-corrected chi connectivity index (χ1v) is 6.64. The van der Waals surface area contributed by atoms with Crippen molar-refractivity contribution in [2.24, 2.45) is 7.05 Å². The molecule has 0 spiro atoms. The number of aromatic carboxylic acids is 1. The fourth-order valence-electron chi connectivity index (χ4n) is 2.56. The van der Waals surface area contributed by atoms with E-state index in [1.54, 1.807) is 24.9 Å². The number of hydrogen-bond donors (Lipinski definition) is 1. The first kappa shape index (κ1) is 12.8. The molecule has 0 unspecified atom stereocenters. The lowest BCUT2D eigenvalue weighted by molar-refractivity contribution is 0.0696. The molecule has 1 N–H and O–H groups in total. The Morgan fingerprint density at radius 3 is 2.90 bits per heavy atom. The average Bonchev–Trinajstić information content (AvgIpc) is 3.01. The molecule has 6 heteroatoms. The van der Waals surface area contributed by atoms with Gasteiger partial charge in [0.2, 0.25) is 0 Å². The van der Waals surface area contributed by atoms with Crippen LogP contribution in [0.5, 0.6) is 0 Å². The number of furan rings is 1. The van der Waals surface area contributed by atoms with E-state index in [0.717, 1.165) is 18.6 Å². The van der Waals surface area contributed by atoms with Crippen LogP contribution < -0.4 is 4.90 Å². The second kappa shape index (κ2) is 4.70. The number of anilines is 1. The molecule has 0 aromatic carbocycles. The molecule has 2 heterocycles. The summed E-state index contributed by atoms with van der Waals surface area (Å²) in [7, 11) is 1.78. The zero-order valence-corrected chi connectivity index (χ0v) is 11.5. The quantitative estimate of drug-likeness (QED) is 0.905. The molecule has 3 rings (SSSR count). The molecule has 106 valence electrons. The SMILES string of the molecule is Cc1nn(C)c(N(Cc2ccco2)C2CC2)c1C(=O)O. The van der Waals surface area contributed by atoms with Crippen LogP contribution >= 0.6 is 0 Å². The Labute approximate surface area is 116 Å². The van der Waals surface area contributed by atoms with E-state index >= 15 is 0 Å². The zero-order valence-electron chi connectivity index (χ0n) is 11.5. The summed E-state index contributed by atoms with van der Waals surface area (Å²) < 4.78 is 7.04. The highest BCUT2D eigenvalue weighted by Crippen LogP contribution is 2.35. The maximum absolute atomic E-state index is 11.5. The molecule has 0 atom stereocenters. The van der Waals surface area contributed by atoms with E-state index < -0.39 is 5.97 Å². The third-order valence-electron chi connectivity index (χ3n) is 3.57. The maximum atomic E-state index is 11.5. The minimum Gasteiger partial charge on any atom is -0.477 e. The smallest absolute Gasteiger partial charge is 0.341 e. The summed E-state index contributed by atoms with van der Waals surface area (Å²) in [5, 5.41) is 13.7. The summed E-state index contributed by atoms with van der Waals surface area (Å²) in [6.45, 7) is 2.29. The summed E-state index contributed by atoms with van der Waals surface area (Å²) in [5.74, 6) is 0.552. The summed E-state index contributed by atoms with van der Waals surface area (Å²) in [6, 6.07) is 4.11. The van der Waals surface area contributed by atoms with Gasteiger partial charge < -0.3 is 14.4 Å². The molecule has 1 aliphatic rings. The number of aromatic nitrogens is 2. The molecule has 0 radical (unpaired) electrons. The van der Waals surface area contributed by atoms with Gasteiger partial charge >= 0.3 is 5.97 Å². The van der Waals surface area contributed by atoms with Crippen LogP contribution in [0, 0.1) is 6.92 Å². The first-order chi connectivity index (χ1) is 9.58. The van der Waals surface area contributed by atoms with E-state index in [1.807, 2.05) is 12.1 Å². The van der Waals surface area contributed by atoms with Crippen LogP contribution in [-0.2, 0) is 13.6 Å². The van der Waals surface area contributed by atoms with E-state index in [-0.39, 0.29) is 5.56 Å². The van der Waals surface area contributed by atoms with Gasteiger partial charge in [0, 0.05) is 13.1 Å². The second-order valence-corrected chi connectivity index (χ2v) is 5.15. The van der Waals surface area contributed by atoms with Gasteiger partial charge in [-0.15, -0.1) is 0 Å². The first-order valence-electron chi connectivity index (χ1n) is 6.64. The van der Waals surface area contributed by atoms with Crippen molar-refractivity contribution >= 4 is 11.8 Å². The lowest BCUT2D eigenvalue weighted by Crippen LogP contribution is -2.28. The van der Waals surface area contributed by atoms with Crippen LogP contribution in [0.3, 0.4) is 0 Å². The Hall–Kier alpha value is -2.24. The Bertz CT molecular complexity index is 626. The van der Waals surface area contributed by atoms with E-state index in [9.17, 15) is 9.90 Å². The van der Waals surface area contributed by atoms with Crippen LogP contribution in [0.4, 0.5) is 5.82 Å².